The first kappa shape index (κ1) is 17.3. The van der Waals surface area contributed by atoms with Gasteiger partial charge in [0, 0.05) is 18.0 Å². The number of hydrogen-bond acceptors (Lipinski definition) is 6. The van der Waals surface area contributed by atoms with Gasteiger partial charge in [-0.3, -0.25) is 4.40 Å². The molecular weight excluding hydrogens is 350 g/mol. The van der Waals surface area contributed by atoms with Gasteiger partial charge in [0.25, 0.3) is 0 Å². The second-order valence-corrected chi connectivity index (χ2v) is 6.79. The lowest BCUT2D eigenvalue weighted by atomic mass is 9.91. The van der Waals surface area contributed by atoms with Gasteiger partial charge in [0.2, 0.25) is 5.78 Å². The number of hydrogen-bond donors (Lipinski definition) is 0. The molecular formula is C21H15N7. The average molecular weight is 365 g/mol. The molecule has 4 aromatic rings. The maximum absolute atomic E-state index is 9.34. The molecule has 0 saturated carbocycles. The van der Waals surface area contributed by atoms with Crippen LogP contribution < -0.4 is 0 Å². The molecule has 0 bridgehead atoms. The minimum atomic E-state index is -0.697. The number of nitrogens with zero attached hydrogens (tertiary/aromatic N) is 7. The predicted molar refractivity (Wildman–Crippen MR) is 103 cm³/mol. The smallest absolute Gasteiger partial charge is 0.234 e. The van der Waals surface area contributed by atoms with Crippen molar-refractivity contribution >= 4 is 5.78 Å². The fourth-order valence-electron chi connectivity index (χ4n) is 2.87. The van der Waals surface area contributed by atoms with E-state index in [9.17, 15) is 10.5 Å². The van der Waals surface area contributed by atoms with Crippen LogP contribution in [0.5, 0.6) is 0 Å². The Morgan fingerprint density at radius 2 is 1.82 bits per heavy atom. The summed E-state index contributed by atoms with van der Waals surface area (Å²) >= 11 is 0. The third-order valence-corrected chi connectivity index (χ3v) is 4.51. The largest absolute Gasteiger partial charge is 0.282 e. The molecule has 3 heterocycles. The Balaban J connectivity index is 1.82. The van der Waals surface area contributed by atoms with Crippen molar-refractivity contribution in [2.24, 2.45) is 0 Å². The lowest BCUT2D eigenvalue weighted by Gasteiger charge is -2.14. The second-order valence-electron chi connectivity index (χ2n) is 6.79. The van der Waals surface area contributed by atoms with Crippen molar-refractivity contribution in [3.05, 3.63) is 66.2 Å². The van der Waals surface area contributed by atoms with Crippen molar-refractivity contribution in [3.8, 4) is 34.9 Å². The molecule has 28 heavy (non-hydrogen) atoms. The molecule has 0 atom stereocenters. The SMILES string of the molecule is CC(C)(C#N)c1ccn2c(-c3ccnc(-c4ccccc4C#N)n3)cnc2n1. The van der Waals surface area contributed by atoms with E-state index in [0.717, 1.165) is 5.69 Å². The van der Waals surface area contributed by atoms with E-state index in [1.807, 2.05) is 48.7 Å². The summed E-state index contributed by atoms with van der Waals surface area (Å²) in [5, 5.41) is 18.7. The Labute approximate surface area is 161 Å². The highest BCUT2D eigenvalue weighted by Crippen LogP contribution is 2.25. The highest BCUT2D eigenvalue weighted by atomic mass is 15.1. The molecule has 7 nitrogen and oxygen atoms in total. The van der Waals surface area contributed by atoms with Gasteiger partial charge >= 0.3 is 0 Å². The van der Waals surface area contributed by atoms with Crippen LogP contribution in [-0.4, -0.2) is 24.3 Å². The molecule has 0 amide bonds. The summed E-state index contributed by atoms with van der Waals surface area (Å²) in [6.45, 7) is 3.64. The van der Waals surface area contributed by atoms with E-state index in [4.69, 9.17) is 0 Å². The van der Waals surface area contributed by atoms with Gasteiger partial charge in [0.1, 0.15) is 0 Å². The normalized spacial score (nSPS) is 11.1. The number of nitriles is 2. The number of fused-ring (bicyclic) bond motifs is 1. The molecule has 0 radical (unpaired) electrons. The molecule has 0 saturated heterocycles. The number of benzene rings is 1. The van der Waals surface area contributed by atoms with Gasteiger partial charge in [-0.05, 0) is 38.1 Å². The number of rotatable bonds is 3. The first-order valence-electron chi connectivity index (χ1n) is 8.62. The molecule has 4 rings (SSSR count). The molecule has 0 aliphatic rings. The zero-order chi connectivity index (χ0) is 19.7. The van der Waals surface area contributed by atoms with Crippen LogP contribution in [0.25, 0.3) is 28.6 Å². The monoisotopic (exact) mass is 365 g/mol. The van der Waals surface area contributed by atoms with Gasteiger partial charge in [-0.25, -0.2) is 19.9 Å². The van der Waals surface area contributed by atoms with Crippen molar-refractivity contribution in [2.45, 2.75) is 19.3 Å². The Bertz CT molecular complexity index is 1270. The zero-order valence-corrected chi connectivity index (χ0v) is 15.3. The summed E-state index contributed by atoms with van der Waals surface area (Å²) in [6.07, 6.45) is 5.18. The van der Waals surface area contributed by atoms with E-state index in [-0.39, 0.29) is 0 Å². The quantitative estimate of drug-likeness (QED) is 0.550. The van der Waals surface area contributed by atoms with Gasteiger partial charge in [-0.15, -0.1) is 0 Å². The van der Waals surface area contributed by atoms with Crippen LogP contribution in [0.2, 0.25) is 0 Å². The van der Waals surface area contributed by atoms with Crippen molar-refractivity contribution in [2.75, 3.05) is 0 Å². The lowest BCUT2D eigenvalue weighted by Crippen LogP contribution is -2.16. The molecule has 0 N–H and O–H groups in total. The minimum absolute atomic E-state index is 0.472. The topological polar surface area (TPSA) is 104 Å². The molecule has 3 aromatic heterocycles. The van der Waals surface area contributed by atoms with Crippen LogP contribution in [0.1, 0.15) is 25.1 Å². The van der Waals surface area contributed by atoms with Crippen LogP contribution in [0.4, 0.5) is 0 Å². The average Bonchev–Trinajstić information content (AvgIpc) is 3.17. The third kappa shape index (κ3) is 2.85. The highest BCUT2D eigenvalue weighted by Gasteiger charge is 2.22. The summed E-state index contributed by atoms with van der Waals surface area (Å²) in [5.41, 5.74) is 2.57. The molecule has 0 aliphatic heterocycles. The maximum Gasteiger partial charge on any atom is 0.234 e. The van der Waals surface area contributed by atoms with Crippen LogP contribution in [0.3, 0.4) is 0 Å². The van der Waals surface area contributed by atoms with Gasteiger partial charge < -0.3 is 0 Å². The van der Waals surface area contributed by atoms with Crippen LogP contribution in [0.15, 0.2) is 55.0 Å². The molecule has 0 aliphatic carbocycles. The van der Waals surface area contributed by atoms with Gasteiger partial charge in [0.05, 0.1) is 46.4 Å². The number of imidazole rings is 1. The van der Waals surface area contributed by atoms with Crippen molar-refractivity contribution in [1.29, 1.82) is 10.5 Å². The molecule has 7 heteroatoms. The van der Waals surface area contributed by atoms with Gasteiger partial charge in [-0.2, -0.15) is 10.5 Å². The summed E-state index contributed by atoms with van der Waals surface area (Å²) in [7, 11) is 0. The summed E-state index contributed by atoms with van der Waals surface area (Å²) in [4.78, 5) is 17.8. The maximum atomic E-state index is 9.34. The fourth-order valence-corrected chi connectivity index (χ4v) is 2.87. The van der Waals surface area contributed by atoms with E-state index in [0.29, 0.717) is 34.1 Å². The summed E-state index contributed by atoms with van der Waals surface area (Å²) in [6, 6.07) is 15.2. The van der Waals surface area contributed by atoms with E-state index in [1.54, 1.807) is 24.5 Å². The first-order valence-corrected chi connectivity index (χ1v) is 8.62. The second kappa shape index (κ2) is 6.57. The predicted octanol–water partition coefficient (Wildman–Crippen LogP) is 3.53. The lowest BCUT2D eigenvalue weighted by molar-refractivity contribution is 0.658. The van der Waals surface area contributed by atoms with Crippen molar-refractivity contribution in [3.63, 3.8) is 0 Å². The molecule has 134 valence electrons. The molecule has 0 unspecified atom stereocenters. The molecule has 1 aromatic carbocycles. The highest BCUT2D eigenvalue weighted by molar-refractivity contribution is 5.67. The van der Waals surface area contributed by atoms with Crippen LogP contribution in [0, 0.1) is 22.7 Å². The van der Waals surface area contributed by atoms with Crippen LogP contribution in [-0.2, 0) is 5.41 Å². The van der Waals surface area contributed by atoms with E-state index in [2.05, 4.69) is 32.1 Å². The Morgan fingerprint density at radius 1 is 1.00 bits per heavy atom. The number of aromatic nitrogens is 5. The Hall–Kier alpha value is -4.10. The van der Waals surface area contributed by atoms with Crippen molar-refractivity contribution in [1.82, 2.24) is 24.3 Å². The third-order valence-electron chi connectivity index (χ3n) is 4.51. The van der Waals surface area contributed by atoms with E-state index < -0.39 is 5.41 Å². The Morgan fingerprint density at radius 3 is 2.61 bits per heavy atom. The Kier molecular flexibility index (Phi) is 4.06. The summed E-state index contributed by atoms with van der Waals surface area (Å²) in [5.74, 6) is 0.966. The van der Waals surface area contributed by atoms with Crippen molar-refractivity contribution < 1.29 is 0 Å². The van der Waals surface area contributed by atoms with E-state index in [1.165, 1.54) is 0 Å². The molecule has 0 spiro atoms. The zero-order valence-electron chi connectivity index (χ0n) is 15.3. The van der Waals surface area contributed by atoms with Crippen LogP contribution >= 0.6 is 0 Å². The molecule has 0 fully saturated rings. The standard InChI is InChI=1S/C21H15N7/c1-21(2,13-23)18-8-10-28-17(12-25-20(28)27-18)16-7-9-24-19(26-16)15-6-4-3-5-14(15)11-22/h3-10,12H,1-2H3. The van der Waals surface area contributed by atoms with Gasteiger partial charge in [0.15, 0.2) is 5.82 Å². The fraction of sp³-hybridized carbons (Fsp3) is 0.143. The van der Waals surface area contributed by atoms with Gasteiger partial charge in [-0.1, -0.05) is 12.1 Å². The van der Waals surface area contributed by atoms with E-state index >= 15 is 0 Å². The minimum Gasteiger partial charge on any atom is -0.282 e. The first-order chi connectivity index (χ1) is 13.5. The summed E-state index contributed by atoms with van der Waals surface area (Å²) < 4.78 is 1.82.